The molecule has 3 rings (SSSR count). The fraction of sp³-hybridized carbons (Fsp3) is 0.480. The molecule has 1 aliphatic rings. The van der Waals surface area contributed by atoms with E-state index in [1.54, 1.807) is 30.3 Å². The number of benzene rings is 2. The van der Waals surface area contributed by atoms with E-state index in [4.69, 9.17) is 16.3 Å². The van der Waals surface area contributed by atoms with Gasteiger partial charge in [-0.05, 0) is 62.6 Å². The number of carbonyl (C=O) groups excluding carboxylic acids is 1. The highest BCUT2D eigenvalue weighted by Crippen LogP contribution is 2.34. The molecule has 1 unspecified atom stereocenters. The molecule has 2 aromatic carbocycles. The zero-order valence-corrected chi connectivity index (χ0v) is 21.4. The molecule has 0 aromatic heterocycles. The number of likely N-dealkylation sites (tertiary alicyclic amines) is 1. The van der Waals surface area contributed by atoms with Crippen LogP contribution in [0.3, 0.4) is 0 Å². The van der Waals surface area contributed by atoms with Crippen molar-refractivity contribution in [1.29, 1.82) is 0 Å². The fourth-order valence-electron chi connectivity index (χ4n) is 4.39. The summed E-state index contributed by atoms with van der Waals surface area (Å²) in [5.41, 5.74) is 0.216. The van der Waals surface area contributed by atoms with Crippen molar-refractivity contribution in [3.63, 3.8) is 0 Å². The number of methoxy groups -OCH3 is 1. The third-order valence-electron chi connectivity index (χ3n) is 6.19. The predicted octanol–water partition coefficient (Wildman–Crippen LogP) is 4.31. The highest BCUT2D eigenvalue weighted by Gasteiger charge is 2.29. The molecule has 1 saturated heterocycles. The first-order valence-corrected chi connectivity index (χ1v) is 13.6. The Morgan fingerprint density at radius 2 is 1.97 bits per heavy atom. The van der Waals surface area contributed by atoms with E-state index in [1.807, 2.05) is 0 Å². The number of nitrogens with one attached hydrogen (secondary N) is 1. The number of piperidine rings is 1. The second kappa shape index (κ2) is 12.4. The van der Waals surface area contributed by atoms with Crippen molar-refractivity contribution >= 4 is 33.2 Å². The van der Waals surface area contributed by atoms with Crippen molar-refractivity contribution in [3.8, 4) is 5.75 Å². The summed E-state index contributed by atoms with van der Waals surface area (Å²) in [6.45, 7) is 4.35. The highest BCUT2D eigenvalue weighted by molar-refractivity contribution is 7.92. The zero-order valence-electron chi connectivity index (χ0n) is 19.9. The van der Waals surface area contributed by atoms with Crippen molar-refractivity contribution < 1.29 is 17.9 Å². The van der Waals surface area contributed by atoms with Crippen LogP contribution in [0.4, 0.5) is 5.69 Å². The molecule has 1 aliphatic heterocycles. The molecular formula is C25H34ClN3O4S. The van der Waals surface area contributed by atoms with E-state index >= 15 is 0 Å². The van der Waals surface area contributed by atoms with Crippen molar-refractivity contribution in [2.24, 2.45) is 0 Å². The molecule has 2 aromatic rings. The Morgan fingerprint density at radius 3 is 2.68 bits per heavy atom. The quantitative estimate of drug-likeness (QED) is 0.458. The Labute approximate surface area is 208 Å². The summed E-state index contributed by atoms with van der Waals surface area (Å²) in [5.74, 6) is -0.0698. The number of amides is 1. The molecule has 9 heteroatoms. The van der Waals surface area contributed by atoms with Crippen molar-refractivity contribution in [2.75, 3.05) is 37.6 Å². The average Bonchev–Trinajstić information content (AvgIpc) is 2.85. The maximum atomic E-state index is 13.5. The third-order valence-corrected chi connectivity index (χ3v) is 8.20. The number of rotatable bonds is 11. The summed E-state index contributed by atoms with van der Waals surface area (Å²) in [5, 5.41) is 3.23. The monoisotopic (exact) mass is 507 g/mol. The van der Waals surface area contributed by atoms with Crippen LogP contribution in [0.2, 0.25) is 5.02 Å². The topological polar surface area (TPSA) is 79.0 Å². The summed E-state index contributed by atoms with van der Waals surface area (Å²) in [4.78, 5) is 15.4. The molecule has 0 aliphatic carbocycles. The predicted molar refractivity (Wildman–Crippen MR) is 136 cm³/mol. The Kier molecular flexibility index (Phi) is 9.62. The molecule has 1 atom stereocenters. The number of carbonyl (C=O) groups is 1. The molecule has 1 fully saturated rings. The van der Waals surface area contributed by atoms with Crippen LogP contribution >= 0.6 is 11.6 Å². The maximum absolute atomic E-state index is 13.5. The van der Waals surface area contributed by atoms with E-state index in [1.165, 1.54) is 44.6 Å². The summed E-state index contributed by atoms with van der Waals surface area (Å²) in [6, 6.07) is 13.3. The minimum Gasteiger partial charge on any atom is -0.495 e. The third kappa shape index (κ3) is 6.64. The molecule has 186 valence electrons. The lowest BCUT2D eigenvalue weighted by Gasteiger charge is -2.35. The smallest absolute Gasteiger partial charge is 0.264 e. The van der Waals surface area contributed by atoms with E-state index in [2.05, 4.69) is 17.1 Å². The van der Waals surface area contributed by atoms with E-state index in [0.717, 1.165) is 30.2 Å². The minimum atomic E-state index is -4.03. The Bertz CT molecular complexity index is 1050. The Morgan fingerprint density at radius 1 is 1.21 bits per heavy atom. The standard InChI is InChI=1S/C25H34ClN3O4S/c1-3-21-10-7-8-16-28(21)17-9-15-27-25(30)19-29(23-18-20(26)13-14-24(23)33-2)34(31,32)22-11-5-4-6-12-22/h4-6,11-14,18,21H,3,7-10,15-17,19H2,1-2H3,(H,27,30). The van der Waals surface area contributed by atoms with Gasteiger partial charge in [0.15, 0.2) is 0 Å². The lowest BCUT2D eigenvalue weighted by atomic mass is 10.00. The van der Waals surface area contributed by atoms with Crippen LogP contribution in [0.15, 0.2) is 53.4 Å². The van der Waals surface area contributed by atoms with Gasteiger partial charge < -0.3 is 15.0 Å². The minimum absolute atomic E-state index is 0.0838. The molecule has 1 amide bonds. The Hall–Kier alpha value is -2.29. The SMILES string of the molecule is CCC1CCCCN1CCCNC(=O)CN(c1cc(Cl)ccc1OC)S(=O)(=O)c1ccccc1. The van der Waals surface area contributed by atoms with Gasteiger partial charge >= 0.3 is 0 Å². The Balaban J connectivity index is 1.72. The lowest BCUT2D eigenvalue weighted by Crippen LogP contribution is -2.43. The number of halogens is 1. The lowest BCUT2D eigenvalue weighted by molar-refractivity contribution is -0.119. The molecular weight excluding hydrogens is 474 g/mol. The molecule has 7 nitrogen and oxygen atoms in total. The van der Waals surface area contributed by atoms with Crippen molar-refractivity contribution in [1.82, 2.24) is 10.2 Å². The van der Waals surface area contributed by atoms with Gasteiger partial charge in [-0.3, -0.25) is 9.10 Å². The second-order valence-electron chi connectivity index (χ2n) is 8.44. The average molecular weight is 508 g/mol. The normalized spacial score (nSPS) is 16.7. The number of sulfonamides is 1. The first-order valence-electron chi connectivity index (χ1n) is 11.8. The van der Waals surface area contributed by atoms with Gasteiger partial charge in [0.05, 0.1) is 17.7 Å². The molecule has 1 heterocycles. The highest BCUT2D eigenvalue weighted by atomic mass is 35.5. The van der Waals surface area contributed by atoms with Gasteiger partial charge in [0, 0.05) is 24.2 Å². The van der Waals surface area contributed by atoms with Crippen LogP contribution in [0.25, 0.3) is 0 Å². The van der Waals surface area contributed by atoms with Crippen LogP contribution in [0.5, 0.6) is 5.75 Å². The molecule has 0 saturated carbocycles. The van der Waals surface area contributed by atoms with E-state index in [9.17, 15) is 13.2 Å². The largest absolute Gasteiger partial charge is 0.495 e. The first-order chi connectivity index (χ1) is 16.4. The van der Waals surface area contributed by atoms with Crippen LogP contribution in [-0.4, -0.2) is 58.6 Å². The summed E-state index contributed by atoms with van der Waals surface area (Å²) in [7, 11) is -2.58. The summed E-state index contributed by atoms with van der Waals surface area (Å²) >= 11 is 6.17. The van der Waals surface area contributed by atoms with Gasteiger partial charge in [-0.15, -0.1) is 0 Å². The van der Waals surface area contributed by atoms with Gasteiger partial charge in [0.1, 0.15) is 12.3 Å². The van der Waals surface area contributed by atoms with Gasteiger partial charge in [0.2, 0.25) is 5.91 Å². The number of ether oxygens (including phenoxy) is 1. The van der Waals surface area contributed by atoms with E-state index in [-0.39, 0.29) is 23.0 Å². The van der Waals surface area contributed by atoms with Gasteiger partial charge in [-0.1, -0.05) is 43.1 Å². The summed E-state index contributed by atoms with van der Waals surface area (Å²) in [6.07, 6.45) is 5.69. The fourth-order valence-corrected chi connectivity index (χ4v) is 6.00. The van der Waals surface area contributed by atoms with Crippen LogP contribution in [0.1, 0.15) is 39.0 Å². The van der Waals surface area contributed by atoms with Crippen molar-refractivity contribution in [2.45, 2.75) is 50.0 Å². The van der Waals surface area contributed by atoms with E-state index in [0.29, 0.717) is 23.4 Å². The number of anilines is 1. The molecule has 0 spiro atoms. The molecule has 34 heavy (non-hydrogen) atoms. The first kappa shape index (κ1) is 26.3. The summed E-state index contributed by atoms with van der Waals surface area (Å²) < 4.78 is 33.4. The van der Waals surface area contributed by atoms with Crippen LogP contribution < -0.4 is 14.4 Å². The zero-order chi connectivity index (χ0) is 24.6. The van der Waals surface area contributed by atoms with Gasteiger partial charge in [-0.2, -0.15) is 0 Å². The molecule has 1 N–H and O–H groups in total. The van der Waals surface area contributed by atoms with Crippen LogP contribution in [-0.2, 0) is 14.8 Å². The maximum Gasteiger partial charge on any atom is 0.264 e. The van der Waals surface area contributed by atoms with Crippen molar-refractivity contribution in [3.05, 3.63) is 53.6 Å². The number of hydrogen-bond acceptors (Lipinski definition) is 5. The van der Waals surface area contributed by atoms with Crippen LogP contribution in [0, 0.1) is 0 Å². The van der Waals surface area contributed by atoms with Gasteiger partial charge in [-0.25, -0.2) is 8.42 Å². The molecule has 0 bridgehead atoms. The number of hydrogen-bond donors (Lipinski definition) is 1. The number of nitrogens with zero attached hydrogens (tertiary/aromatic N) is 2. The second-order valence-corrected chi connectivity index (χ2v) is 10.7. The van der Waals surface area contributed by atoms with E-state index < -0.39 is 10.0 Å². The van der Waals surface area contributed by atoms with Gasteiger partial charge in [0.25, 0.3) is 10.0 Å². The molecule has 0 radical (unpaired) electrons.